The number of fused-ring (bicyclic) bond motifs is 2. The summed E-state index contributed by atoms with van der Waals surface area (Å²) >= 11 is 0. The number of carbonyl (C=O) groups excluding carboxylic acids is 2. The predicted molar refractivity (Wildman–Crippen MR) is 180 cm³/mol. The van der Waals surface area contributed by atoms with E-state index in [0.717, 1.165) is 33.2 Å². The molecule has 5 rings (SSSR count). The van der Waals surface area contributed by atoms with Gasteiger partial charge in [0.05, 0.1) is 89.9 Å². The number of esters is 2. The van der Waals surface area contributed by atoms with Gasteiger partial charge in [-0.3, -0.25) is 9.55 Å². The number of hydrogen-bond acceptors (Lipinski definition) is 12. The Balaban J connectivity index is 0.864. The molecule has 0 unspecified atom stereocenters. The van der Waals surface area contributed by atoms with Crippen molar-refractivity contribution in [1.82, 2.24) is 14.5 Å². The Morgan fingerprint density at radius 3 is 1.84 bits per heavy atom. The van der Waals surface area contributed by atoms with Crippen molar-refractivity contribution in [1.29, 1.82) is 0 Å². The van der Waals surface area contributed by atoms with Gasteiger partial charge in [0.2, 0.25) is 0 Å². The SMILES string of the molecule is COC(=O)c1ccc(OCCOCCOCCOCCOCCOc2ccc3cc(-n4ccc5ccncc54)ncc3c2)cc1C(=O)OC. The zero-order chi connectivity index (χ0) is 34.3. The maximum atomic E-state index is 12.0. The van der Waals surface area contributed by atoms with Crippen LogP contribution >= 0.6 is 0 Å². The van der Waals surface area contributed by atoms with E-state index in [-0.39, 0.29) is 17.7 Å². The maximum absolute atomic E-state index is 12.0. The van der Waals surface area contributed by atoms with E-state index < -0.39 is 11.9 Å². The maximum Gasteiger partial charge on any atom is 0.338 e. The van der Waals surface area contributed by atoms with Gasteiger partial charge in [-0.2, -0.15) is 0 Å². The van der Waals surface area contributed by atoms with Crippen LogP contribution in [0.3, 0.4) is 0 Å². The summed E-state index contributed by atoms with van der Waals surface area (Å²) in [6.07, 6.45) is 7.47. The fourth-order valence-electron chi connectivity index (χ4n) is 4.88. The Kier molecular flexibility index (Phi) is 13.3. The number of nitrogens with zero attached hydrogens (tertiary/aromatic N) is 3. The number of benzene rings is 2. The highest BCUT2D eigenvalue weighted by atomic mass is 16.6. The van der Waals surface area contributed by atoms with Crippen molar-refractivity contribution in [2.45, 2.75) is 0 Å². The topological polar surface area (TPSA) is 139 Å². The van der Waals surface area contributed by atoms with Crippen molar-refractivity contribution in [2.75, 3.05) is 80.3 Å². The number of ether oxygens (including phenoxy) is 8. The summed E-state index contributed by atoms with van der Waals surface area (Å²) < 4.78 is 45.1. The lowest BCUT2D eigenvalue weighted by Gasteiger charge is -2.11. The zero-order valence-corrected chi connectivity index (χ0v) is 27.5. The van der Waals surface area contributed by atoms with E-state index in [1.54, 1.807) is 12.3 Å². The molecule has 0 saturated heterocycles. The van der Waals surface area contributed by atoms with E-state index in [9.17, 15) is 9.59 Å². The van der Waals surface area contributed by atoms with Crippen LogP contribution in [0, 0.1) is 0 Å². The van der Waals surface area contributed by atoms with E-state index in [1.165, 1.54) is 26.4 Å². The van der Waals surface area contributed by atoms with Crippen LogP contribution in [0.5, 0.6) is 11.5 Å². The second kappa shape index (κ2) is 18.5. The Labute approximate surface area is 283 Å². The molecule has 0 aliphatic heterocycles. The Bertz CT molecular complexity index is 1830. The number of methoxy groups -OCH3 is 2. The highest BCUT2D eigenvalue weighted by molar-refractivity contribution is 6.03. The quantitative estimate of drug-likeness (QED) is 0.0838. The number of hydrogen-bond donors (Lipinski definition) is 0. The van der Waals surface area contributed by atoms with Crippen molar-refractivity contribution < 1.29 is 47.5 Å². The van der Waals surface area contributed by atoms with Crippen molar-refractivity contribution in [3.05, 3.63) is 90.5 Å². The predicted octanol–water partition coefficient (Wildman–Crippen LogP) is 4.67. The highest BCUT2D eigenvalue weighted by Gasteiger charge is 2.19. The summed E-state index contributed by atoms with van der Waals surface area (Å²) in [4.78, 5) is 32.7. The third-order valence-corrected chi connectivity index (χ3v) is 7.33. The molecule has 0 radical (unpaired) electrons. The standard InChI is InChI=1S/C36H39N3O10/c1-42-35(40)31-6-5-30(23-32(31)36(41)43-2)49-20-18-47-16-14-45-12-11-44-13-15-46-17-19-48-29-4-3-27-22-34(38-24-28(27)21-29)39-10-8-26-7-9-37-25-33(26)39/h3-10,21-25H,11-20H2,1-2H3. The summed E-state index contributed by atoms with van der Waals surface area (Å²) in [5.74, 6) is 0.697. The van der Waals surface area contributed by atoms with Gasteiger partial charge in [-0.05, 0) is 53.9 Å². The molecule has 258 valence electrons. The molecule has 0 N–H and O–H groups in total. The van der Waals surface area contributed by atoms with Crippen LogP contribution < -0.4 is 9.47 Å². The number of carbonyl (C=O) groups is 2. The monoisotopic (exact) mass is 673 g/mol. The molecule has 13 heteroatoms. The largest absolute Gasteiger partial charge is 0.491 e. The average Bonchev–Trinajstić information content (AvgIpc) is 3.58. The average molecular weight is 674 g/mol. The van der Waals surface area contributed by atoms with Gasteiger partial charge < -0.3 is 37.9 Å². The molecule has 13 nitrogen and oxygen atoms in total. The van der Waals surface area contributed by atoms with Gasteiger partial charge in [0.15, 0.2) is 0 Å². The molecule has 0 atom stereocenters. The second-order valence-corrected chi connectivity index (χ2v) is 10.5. The van der Waals surface area contributed by atoms with Gasteiger partial charge >= 0.3 is 11.9 Å². The molecular formula is C36H39N3O10. The Morgan fingerprint density at radius 2 is 1.18 bits per heavy atom. The molecule has 0 fully saturated rings. The summed E-state index contributed by atoms with van der Waals surface area (Å²) in [6.45, 7) is 4.00. The van der Waals surface area contributed by atoms with Crippen molar-refractivity contribution in [3.63, 3.8) is 0 Å². The van der Waals surface area contributed by atoms with E-state index in [0.29, 0.717) is 65.2 Å². The minimum absolute atomic E-state index is 0.0650. The first-order valence-corrected chi connectivity index (χ1v) is 15.8. The van der Waals surface area contributed by atoms with E-state index in [1.807, 2.05) is 53.5 Å². The molecule has 0 bridgehead atoms. The van der Waals surface area contributed by atoms with Crippen molar-refractivity contribution in [3.8, 4) is 17.3 Å². The van der Waals surface area contributed by atoms with E-state index in [2.05, 4.69) is 16.0 Å². The van der Waals surface area contributed by atoms with Crippen LogP contribution in [0.4, 0.5) is 0 Å². The smallest absolute Gasteiger partial charge is 0.338 e. The lowest BCUT2D eigenvalue weighted by atomic mass is 10.1. The zero-order valence-electron chi connectivity index (χ0n) is 27.5. The first kappa shape index (κ1) is 35.2. The van der Waals surface area contributed by atoms with Crippen LogP contribution in [-0.4, -0.2) is 107 Å². The summed E-state index contributed by atoms with van der Waals surface area (Å²) in [7, 11) is 2.47. The molecule has 3 aromatic heterocycles. The van der Waals surface area contributed by atoms with Gasteiger partial charge in [0.25, 0.3) is 0 Å². The fourth-order valence-corrected chi connectivity index (χ4v) is 4.88. The summed E-state index contributed by atoms with van der Waals surface area (Å²) in [6, 6.07) is 16.5. The molecule has 5 aromatic rings. The minimum Gasteiger partial charge on any atom is -0.491 e. The second-order valence-electron chi connectivity index (χ2n) is 10.5. The Hall–Kier alpha value is -5.08. The van der Waals surface area contributed by atoms with Crippen molar-refractivity contribution >= 4 is 33.6 Å². The van der Waals surface area contributed by atoms with Crippen LogP contribution in [-0.2, 0) is 28.4 Å². The van der Waals surface area contributed by atoms with E-state index >= 15 is 0 Å². The van der Waals surface area contributed by atoms with Crippen LogP contribution in [0.15, 0.2) is 79.4 Å². The van der Waals surface area contributed by atoms with Crippen LogP contribution in [0.1, 0.15) is 20.7 Å². The lowest BCUT2D eigenvalue weighted by Crippen LogP contribution is -2.15. The van der Waals surface area contributed by atoms with E-state index in [4.69, 9.17) is 37.9 Å². The van der Waals surface area contributed by atoms with Gasteiger partial charge in [-0.15, -0.1) is 0 Å². The number of aromatic nitrogens is 3. The van der Waals surface area contributed by atoms with Gasteiger partial charge in [0.1, 0.15) is 30.5 Å². The first-order valence-electron chi connectivity index (χ1n) is 15.8. The molecule has 49 heavy (non-hydrogen) atoms. The molecule has 0 aliphatic rings. The number of rotatable bonds is 20. The molecule has 2 aromatic carbocycles. The first-order chi connectivity index (χ1) is 24.1. The molecule has 3 heterocycles. The molecular weight excluding hydrogens is 634 g/mol. The van der Waals surface area contributed by atoms with Crippen LogP contribution in [0.25, 0.3) is 27.5 Å². The number of pyridine rings is 2. The summed E-state index contributed by atoms with van der Waals surface area (Å²) in [5, 5.41) is 3.18. The van der Waals surface area contributed by atoms with Gasteiger partial charge in [0, 0.05) is 29.4 Å². The third kappa shape index (κ3) is 9.97. The highest BCUT2D eigenvalue weighted by Crippen LogP contribution is 2.24. The molecule has 0 amide bonds. The molecule has 0 spiro atoms. The minimum atomic E-state index is -0.659. The van der Waals surface area contributed by atoms with Crippen LogP contribution in [0.2, 0.25) is 0 Å². The van der Waals surface area contributed by atoms with Gasteiger partial charge in [-0.25, -0.2) is 14.6 Å². The third-order valence-electron chi connectivity index (χ3n) is 7.33. The van der Waals surface area contributed by atoms with Gasteiger partial charge in [-0.1, -0.05) is 6.07 Å². The van der Waals surface area contributed by atoms with Crippen molar-refractivity contribution in [2.24, 2.45) is 0 Å². The lowest BCUT2D eigenvalue weighted by molar-refractivity contribution is -0.00699. The fraction of sp³-hybridized carbons (Fsp3) is 0.333. The normalized spacial score (nSPS) is 11.1. The Morgan fingerprint density at radius 1 is 0.592 bits per heavy atom. The summed E-state index contributed by atoms with van der Waals surface area (Å²) in [5.41, 5.74) is 1.18. The molecule has 0 saturated carbocycles. The molecule has 0 aliphatic carbocycles.